The topological polar surface area (TPSA) is 72.5 Å². The van der Waals surface area contributed by atoms with Gasteiger partial charge >= 0.3 is 0 Å². The number of thiazole rings is 1. The molecule has 1 aromatic carbocycles. The molecule has 4 rings (SSSR count). The first-order valence-electron chi connectivity index (χ1n) is 9.41. The molecule has 1 aliphatic carbocycles. The molecule has 144 valence electrons. The van der Waals surface area contributed by atoms with Gasteiger partial charge in [0.25, 0.3) is 5.91 Å². The number of hydrogen-bond donors (Lipinski definition) is 2. The largest absolute Gasteiger partial charge is 0.497 e. The van der Waals surface area contributed by atoms with Gasteiger partial charge in [-0.3, -0.25) is 4.79 Å². The van der Waals surface area contributed by atoms with E-state index in [1.165, 1.54) is 29.7 Å². The van der Waals surface area contributed by atoms with Crippen molar-refractivity contribution in [1.82, 2.24) is 10.3 Å². The Morgan fingerprint density at radius 2 is 2.04 bits per heavy atom. The Morgan fingerprint density at radius 1 is 1.30 bits per heavy atom. The molecule has 1 aliphatic heterocycles. The Balaban J connectivity index is 1.44. The van der Waals surface area contributed by atoms with Gasteiger partial charge in [-0.2, -0.15) is 0 Å². The third-order valence-electron chi connectivity index (χ3n) is 5.38. The lowest BCUT2D eigenvalue weighted by atomic mass is 9.74. The number of carbonyl (C=O) groups is 1. The highest BCUT2D eigenvalue weighted by Crippen LogP contribution is 2.35. The van der Waals surface area contributed by atoms with Gasteiger partial charge in [0.05, 0.1) is 7.11 Å². The van der Waals surface area contributed by atoms with E-state index in [9.17, 15) is 4.79 Å². The van der Waals surface area contributed by atoms with E-state index in [1.807, 2.05) is 17.5 Å². The highest BCUT2D eigenvalue weighted by Gasteiger charge is 2.35. The number of anilines is 1. The molecule has 1 aromatic heterocycles. The number of carbonyl (C=O) groups excluding carboxylic acids is 1. The molecule has 1 amide bonds. The summed E-state index contributed by atoms with van der Waals surface area (Å²) in [6.07, 6.45) is 4.14. The molecule has 2 aliphatic rings. The van der Waals surface area contributed by atoms with Gasteiger partial charge in [-0.15, -0.1) is 11.3 Å². The second-order valence-electron chi connectivity index (χ2n) is 7.26. The zero-order valence-corrected chi connectivity index (χ0v) is 16.3. The highest BCUT2D eigenvalue weighted by atomic mass is 32.1. The second-order valence-corrected chi connectivity index (χ2v) is 8.12. The van der Waals surface area contributed by atoms with Crippen molar-refractivity contribution in [2.45, 2.75) is 37.1 Å². The molecule has 0 bridgehead atoms. The van der Waals surface area contributed by atoms with E-state index in [0.717, 1.165) is 23.7 Å². The van der Waals surface area contributed by atoms with Crippen molar-refractivity contribution in [3.63, 3.8) is 0 Å². The van der Waals surface area contributed by atoms with Crippen molar-refractivity contribution >= 4 is 22.4 Å². The fourth-order valence-electron chi connectivity index (χ4n) is 3.46. The summed E-state index contributed by atoms with van der Waals surface area (Å²) in [6, 6.07) is 8.68. The summed E-state index contributed by atoms with van der Waals surface area (Å²) in [5.74, 6) is 0.720. The summed E-state index contributed by atoms with van der Waals surface area (Å²) >= 11 is 1.49. The predicted molar refractivity (Wildman–Crippen MR) is 106 cm³/mol. The Labute approximate surface area is 163 Å². The Kier molecular flexibility index (Phi) is 5.31. The highest BCUT2D eigenvalue weighted by molar-refractivity contribution is 7.13. The third kappa shape index (κ3) is 4.25. The second kappa shape index (κ2) is 7.86. The SMILES string of the molecule is COc1ccc(C2(CNC(=O)c3csc(NC4CC4)n3)CCOCC2)cc1. The average molecular weight is 388 g/mol. The molecule has 2 aromatic rings. The lowest BCUT2D eigenvalue weighted by Gasteiger charge is -2.38. The van der Waals surface area contributed by atoms with Crippen LogP contribution in [0.4, 0.5) is 5.13 Å². The quantitative estimate of drug-likeness (QED) is 0.763. The van der Waals surface area contributed by atoms with Gasteiger partial charge in [0.1, 0.15) is 11.4 Å². The van der Waals surface area contributed by atoms with Crippen LogP contribution in [0, 0.1) is 0 Å². The van der Waals surface area contributed by atoms with Gasteiger partial charge in [0.2, 0.25) is 0 Å². The van der Waals surface area contributed by atoms with Crippen LogP contribution >= 0.6 is 11.3 Å². The number of ether oxygens (including phenoxy) is 2. The Bertz CT molecular complexity index is 780. The van der Waals surface area contributed by atoms with Crippen LogP contribution in [-0.4, -0.2) is 43.8 Å². The first-order chi connectivity index (χ1) is 13.2. The summed E-state index contributed by atoms with van der Waals surface area (Å²) in [6.45, 7) is 1.98. The Morgan fingerprint density at radius 3 is 2.70 bits per heavy atom. The van der Waals surface area contributed by atoms with Crippen molar-refractivity contribution < 1.29 is 14.3 Å². The zero-order valence-electron chi connectivity index (χ0n) is 15.5. The normalized spacial score (nSPS) is 18.7. The van der Waals surface area contributed by atoms with Crippen LogP contribution in [0.15, 0.2) is 29.6 Å². The standard InChI is InChI=1S/C20H25N3O3S/c1-25-16-6-2-14(3-7-16)20(8-10-26-11-9-20)13-21-18(24)17-12-27-19(23-17)22-15-4-5-15/h2-3,6-7,12,15H,4-5,8-11,13H2,1H3,(H,21,24)(H,22,23). The monoisotopic (exact) mass is 387 g/mol. The van der Waals surface area contributed by atoms with Crippen molar-refractivity contribution in [2.75, 3.05) is 32.2 Å². The van der Waals surface area contributed by atoms with Crippen LogP contribution in [0.2, 0.25) is 0 Å². The zero-order chi connectivity index (χ0) is 18.7. The van der Waals surface area contributed by atoms with Crippen molar-refractivity contribution in [2.24, 2.45) is 0 Å². The van der Waals surface area contributed by atoms with Crippen molar-refractivity contribution in [3.05, 3.63) is 40.9 Å². The van der Waals surface area contributed by atoms with Crippen LogP contribution in [0.5, 0.6) is 5.75 Å². The molecule has 2 N–H and O–H groups in total. The van der Waals surface area contributed by atoms with E-state index in [2.05, 4.69) is 27.8 Å². The molecule has 27 heavy (non-hydrogen) atoms. The molecule has 2 fully saturated rings. The molecular formula is C20H25N3O3S. The number of amides is 1. The molecule has 2 heterocycles. The minimum atomic E-state index is -0.120. The maximum absolute atomic E-state index is 12.6. The molecule has 0 spiro atoms. The van der Waals surface area contributed by atoms with Crippen LogP contribution in [0.1, 0.15) is 41.7 Å². The fourth-order valence-corrected chi connectivity index (χ4v) is 4.23. The van der Waals surface area contributed by atoms with Crippen LogP contribution < -0.4 is 15.4 Å². The molecule has 6 nitrogen and oxygen atoms in total. The summed E-state index contributed by atoms with van der Waals surface area (Å²) in [7, 11) is 1.67. The number of benzene rings is 1. The molecule has 1 saturated heterocycles. The van der Waals surface area contributed by atoms with Gasteiger partial charge in [-0.05, 0) is 43.4 Å². The average Bonchev–Trinajstić information content (AvgIpc) is 3.41. The smallest absolute Gasteiger partial charge is 0.270 e. The number of methoxy groups -OCH3 is 1. The van der Waals surface area contributed by atoms with Crippen LogP contribution in [-0.2, 0) is 10.2 Å². The lowest BCUT2D eigenvalue weighted by Crippen LogP contribution is -2.44. The number of hydrogen-bond acceptors (Lipinski definition) is 6. The summed E-state index contributed by atoms with van der Waals surface area (Å²) in [5.41, 5.74) is 1.58. The van der Waals surface area contributed by atoms with Gasteiger partial charge < -0.3 is 20.1 Å². The van der Waals surface area contributed by atoms with Gasteiger partial charge in [0, 0.05) is 36.6 Å². The van der Waals surface area contributed by atoms with Gasteiger partial charge in [0.15, 0.2) is 5.13 Å². The van der Waals surface area contributed by atoms with Crippen LogP contribution in [0.3, 0.4) is 0 Å². The van der Waals surface area contributed by atoms with Gasteiger partial charge in [-0.25, -0.2) is 4.98 Å². The molecular weight excluding hydrogens is 362 g/mol. The molecule has 0 atom stereocenters. The number of nitrogens with zero attached hydrogens (tertiary/aromatic N) is 1. The minimum Gasteiger partial charge on any atom is -0.497 e. The number of aromatic nitrogens is 1. The van der Waals surface area contributed by atoms with E-state index in [0.29, 0.717) is 31.5 Å². The van der Waals surface area contributed by atoms with E-state index in [1.54, 1.807) is 7.11 Å². The first kappa shape index (κ1) is 18.3. The lowest BCUT2D eigenvalue weighted by molar-refractivity contribution is 0.0486. The van der Waals surface area contributed by atoms with E-state index >= 15 is 0 Å². The van der Waals surface area contributed by atoms with Gasteiger partial charge in [-0.1, -0.05) is 12.1 Å². The number of nitrogens with one attached hydrogen (secondary N) is 2. The first-order valence-corrected chi connectivity index (χ1v) is 10.3. The molecule has 1 saturated carbocycles. The summed E-state index contributed by atoms with van der Waals surface area (Å²) < 4.78 is 10.8. The maximum Gasteiger partial charge on any atom is 0.270 e. The van der Waals surface area contributed by atoms with E-state index in [4.69, 9.17) is 9.47 Å². The summed E-state index contributed by atoms with van der Waals surface area (Å²) in [5, 5.41) is 9.10. The summed E-state index contributed by atoms with van der Waals surface area (Å²) in [4.78, 5) is 17.1. The Hall–Kier alpha value is -2.12. The number of rotatable bonds is 7. The molecule has 0 unspecified atom stereocenters. The van der Waals surface area contributed by atoms with Crippen LogP contribution in [0.25, 0.3) is 0 Å². The fraction of sp³-hybridized carbons (Fsp3) is 0.500. The maximum atomic E-state index is 12.6. The molecule has 0 radical (unpaired) electrons. The molecule has 7 heteroatoms. The third-order valence-corrected chi connectivity index (χ3v) is 6.15. The van der Waals surface area contributed by atoms with E-state index < -0.39 is 0 Å². The minimum absolute atomic E-state index is 0.116. The van der Waals surface area contributed by atoms with Crippen molar-refractivity contribution in [3.8, 4) is 5.75 Å². The van der Waals surface area contributed by atoms with E-state index in [-0.39, 0.29) is 11.3 Å². The van der Waals surface area contributed by atoms with Crippen molar-refractivity contribution in [1.29, 1.82) is 0 Å². The predicted octanol–water partition coefficient (Wildman–Crippen LogP) is 3.20.